The van der Waals surface area contributed by atoms with E-state index in [4.69, 9.17) is 21.1 Å². The number of ether oxygens (including phenoxy) is 2. The van der Waals surface area contributed by atoms with Crippen LogP contribution in [-0.4, -0.2) is 71.2 Å². The van der Waals surface area contributed by atoms with Crippen LogP contribution >= 0.6 is 11.6 Å². The van der Waals surface area contributed by atoms with Crippen LogP contribution in [0, 0.1) is 0 Å². The molecule has 2 unspecified atom stereocenters. The van der Waals surface area contributed by atoms with Crippen molar-refractivity contribution in [3.8, 4) is 5.75 Å². The minimum absolute atomic E-state index is 0.206. The fourth-order valence-corrected chi connectivity index (χ4v) is 5.52. The van der Waals surface area contributed by atoms with E-state index in [1.54, 1.807) is 12.2 Å². The highest BCUT2D eigenvalue weighted by Crippen LogP contribution is 2.45. The first-order valence-corrected chi connectivity index (χ1v) is 11.6. The Morgan fingerprint density at radius 1 is 1.34 bits per heavy atom. The molecule has 0 bridgehead atoms. The summed E-state index contributed by atoms with van der Waals surface area (Å²) in [6.45, 7) is 8.51. The third kappa shape index (κ3) is 3.59. The summed E-state index contributed by atoms with van der Waals surface area (Å²) in [5, 5.41) is 9.77. The predicted octanol–water partition coefficient (Wildman–Crippen LogP) is 3.53. The fraction of sp³-hybridized carbons (Fsp3) is 0.480. The number of fused-ring (bicyclic) bond motifs is 2. The molecule has 170 valence electrons. The van der Waals surface area contributed by atoms with Gasteiger partial charge in [-0.05, 0) is 31.1 Å². The van der Waals surface area contributed by atoms with E-state index in [0.717, 1.165) is 61.8 Å². The van der Waals surface area contributed by atoms with E-state index < -0.39 is 10.8 Å². The van der Waals surface area contributed by atoms with Crippen molar-refractivity contribution in [2.45, 2.75) is 35.6 Å². The lowest BCUT2D eigenvalue weighted by Gasteiger charge is -2.47. The first-order chi connectivity index (χ1) is 15.4. The number of aliphatic carboxylic acids is 1. The molecular formula is C25H29ClN2O4. The first-order valence-electron chi connectivity index (χ1n) is 11.2. The minimum Gasteiger partial charge on any atom is -0.493 e. The van der Waals surface area contributed by atoms with Gasteiger partial charge in [0, 0.05) is 44.2 Å². The molecular weight excluding hydrogens is 428 g/mol. The molecule has 0 radical (unpaired) electrons. The number of nitrogens with zero attached hydrogens (tertiary/aromatic N) is 2. The standard InChI is InChI=1S/C25H29ClN2O4/c1-2-11-27-12-8-18(27)15-28-16-24(10-13-31-21-6-4-3-5-19(21)24)17-32-22-7-9-25(26,23(29)30)14-20(22)28/h2-7,9,18H,1,8,10-17H2,(H,29,30)/t18-,24?,25?/m0/s1. The lowest BCUT2D eigenvalue weighted by Crippen LogP contribution is -2.55. The largest absolute Gasteiger partial charge is 0.493 e. The Morgan fingerprint density at radius 2 is 2.19 bits per heavy atom. The highest BCUT2D eigenvalue weighted by Gasteiger charge is 2.47. The first kappa shape index (κ1) is 21.4. The molecule has 1 spiro atoms. The number of allylic oxidation sites excluding steroid dienone is 2. The zero-order valence-corrected chi connectivity index (χ0v) is 18.9. The monoisotopic (exact) mass is 456 g/mol. The van der Waals surface area contributed by atoms with Crippen LogP contribution in [0.2, 0.25) is 0 Å². The van der Waals surface area contributed by atoms with Crippen molar-refractivity contribution in [2.75, 3.05) is 39.4 Å². The fourth-order valence-electron chi connectivity index (χ4n) is 5.33. The topological polar surface area (TPSA) is 62.2 Å². The number of carboxylic acids is 1. The van der Waals surface area contributed by atoms with Crippen LogP contribution in [-0.2, 0) is 14.9 Å². The molecule has 1 aromatic rings. The molecule has 3 heterocycles. The third-order valence-corrected chi connectivity index (χ3v) is 7.72. The molecule has 7 heteroatoms. The van der Waals surface area contributed by atoms with Gasteiger partial charge in [-0.15, -0.1) is 18.2 Å². The van der Waals surface area contributed by atoms with Crippen molar-refractivity contribution in [3.05, 3.63) is 66.1 Å². The number of carboxylic acid groups (broad SMARTS) is 1. The number of alkyl halides is 1. The molecule has 1 aliphatic carbocycles. The van der Waals surface area contributed by atoms with Crippen molar-refractivity contribution in [1.29, 1.82) is 0 Å². The Kier molecular flexibility index (Phi) is 5.46. The van der Waals surface area contributed by atoms with Gasteiger partial charge in [0.1, 0.15) is 11.5 Å². The average Bonchev–Trinajstić information content (AvgIpc) is 2.93. The Balaban J connectivity index is 1.51. The molecule has 0 amide bonds. The van der Waals surface area contributed by atoms with Gasteiger partial charge in [-0.3, -0.25) is 4.90 Å². The van der Waals surface area contributed by atoms with Gasteiger partial charge in [0.25, 0.3) is 0 Å². The maximum absolute atomic E-state index is 11.9. The summed E-state index contributed by atoms with van der Waals surface area (Å²) in [5.74, 6) is 0.610. The van der Waals surface area contributed by atoms with E-state index in [0.29, 0.717) is 19.3 Å². The molecule has 3 atom stereocenters. The molecule has 1 saturated heterocycles. The third-order valence-electron chi connectivity index (χ3n) is 7.30. The molecule has 1 fully saturated rings. The van der Waals surface area contributed by atoms with Crippen LogP contribution in [0.25, 0.3) is 0 Å². The van der Waals surface area contributed by atoms with Crippen molar-refractivity contribution in [3.63, 3.8) is 0 Å². The highest BCUT2D eigenvalue weighted by molar-refractivity contribution is 6.35. The van der Waals surface area contributed by atoms with Crippen LogP contribution in [0.4, 0.5) is 0 Å². The van der Waals surface area contributed by atoms with Crippen LogP contribution in [0.3, 0.4) is 0 Å². The summed E-state index contributed by atoms with van der Waals surface area (Å²) in [6, 6.07) is 8.59. The summed E-state index contributed by atoms with van der Waals surface area (Å²) in [7, 11) is 0. The van der Waals surface area contributed by atoms with Crippen LogP contribution in [0.5, 0.6) is 5.75 Å². The smallest absolute Gasteiger partial charge is 0.329 e. The molecule has 6 nitrogen and oxygen atoms in total. The van der Waals surface area contributed by atoms with E-state index in [-0.39, 0.29) is 11.8 Å². The normalized spacial score (nSPS) is 31.7. The zero-order valence-electron chi connectivity index (χ0n) is 18.1. The maximum atomic E-state index is 11.9. The quantitative estimate of drug-likeness (QED) is 0.540. The van der Waals surface area contributed by atoms with E-state index in [9.17, 15) is 9.90 Å². The molecule has 1 aromatic carbocycles. The van der Waals surface area contributed by atoms with Crippen molar-refractivity contribution in [2.24, 2.45) is 0 Å². The number of rotatable bonds is 5. The number of likely N-dealkylation sites (tertiary alicyclic amines) is 1. The van der Waals surface area contributed by atoms with Gasteiger partial charge in [0.05, 0.1) is 24.3 Å². The summed E-state index contributed by atoms with van der Waals surface area (Å²) in [4.78, 5) is 15.2. The summed E-state index contributed by atoms with van der Waals surface area (Å²) < 4.78 is 12.3. The number of para-hydroxylation sites is 1. The lowest BCUT2D eigenvalue weighted by atomic mass is 9.76. The van der Waals surface area contributed by atoms with Gasteiger partial charge < -0.3 is 19.5 Å². The summed E-state index contributed by atoms with van der Waals surface area (Å²) in [6.07, 6.45) is 7.41. The minimum atomic E-state index is -1.45. The Labute approximate surface area is 193 Å². The molecule has 0 aromatic heterocycles. The molecule has 3 aliphatic heterocycles. The van der Waals surface area contributed by atoms with Crippen molar-refractivity contribution >= 4 is 17.6 Å². The maximum Gasteiger partial charge on any atom is 0.329 e. The Morgan fingerprint density at radius 3 is 2.94 bits per heavy atom. The van der Waals surface area contributed by atoms with E-state index >= 15 is 0 Å². The average molecular weight is 457 g/mol. The Bertz CT molecular complexity index is 992. The second-order valence-corrected chi connectivity index (χ2v) is 9.93. The van der Waals surface area contributed by atoms with Gasteiger partial charge in [-0.1, -0.05) is 24.3 Å². The summed E-state index contributed by atoms with van der Waals surface area (Å²) in [5.41, 5.74) is 1.81. The molecule has 1 N–H and O–H groups in total. The van der Waals surface area contributed by atoms with Crippen molar-refractivity contribution in [1.82, 2.24) is 9.80 Å². The SMILES string of the molecule is C=CCN1CC[C@H]1CN1CC2(CCOc3ccccc32)COC2=C1CC(Cl)(C(=O)O)C=C2. The Hall–Kier alpha value is -2.44. The predicted molar refractivity (Wildman–Crippen MR) is 123 cm³/mol. The van der Waals surface area contributed by atoms with Gasteiger partial charge in [0.15, 0.2) is 4.87 Å². The highest BCUT2D eigenvalue weighted by atomic mass is 35.5. The van der Waals surface area contributed by atoms with Crippen LogP contribution in [0.1, 0.15) is 24.8 Å². The number of benzene rings is 1. The molecule has 5 rings (SSSR count). The van der Waals surface area contributed by atoms with Gasteiger partial charge in [-0.2, -0.15) is 0 Å². The second-order valence-electron chi connectivity index (χ2n) is 9.26. The van der Waals surface area contributed by atoms with E-state index in [1.165, 1.54) is 0 Å². The van der Waals surface area contributed by atoms with E-state index in [1.807, 2.05) is 24.3 Å². The number of carbonyl (C=O) groups is 1. The second kappa shape index (κ2) is 8.16. The van der Waals surface area contributed by atoms with E-state index in [2.05, 4.69) is 22.4 Å². The van der Waals surface area contributed by atoms with Gasteiger partial charge >= 0.3 is 5.97 Å². The molecule has 32 heavy (non-hydrogen) atoms. The number of hydrogen-bond donors (Lipinski definition) is 1. The van der Waals surface area contributed by atoms with Crippen molar-refractivity contribution < 1.29 is 19.4 Å². The summed E-state index contributed by atoms with van der Waals surface area (Å²) >= 11 is 6.52. The zero-order chi connectivity index (χ0) is 22.3. The lowest BCUT2D eigenvalue weighted by molar-refractivity contribution is -0.138. The van der Waals surface area contributed by atoms with Gasteiger partial charge in [-0.25, -0.2) is 4.79 Å². The number of halogens is 1. The molecule has 0 saturated carbocycles. The molecule has 4 aliphatic rings. The number of hydrogen-bond acceptors (Lipinski definition) is 5. The van der Waals surface area contributed by atoms with Crippen LogP contribution in [0.15, 0.2) is 60.5 Å². The van der Waals surface area contributed by atoms with Gasteiger partial charge in [0.2, 0.25) is 0 Å². The van der Waals surface area contributed by atoms with Crippen LogP contribution < -0.4 is 4.74 Å².